The van der Waals surface area contributed by atoms with Crippen molar-refractivity contribution >= 4 is 38.6 Å². The Morgan fingerprint density at radius 1 is 1.08 bits per heavy atom. The summed E-state index contributed by atoms with van der Waals surface area (Å²) in [6.45, 7) is 3.26. The van der Waals surface area contributed by atoms with E-state index in [1.54, 1.807) is 30.7 Å². The van der Waals surface area contributed by atoms with E-state index in [0.29, 0.717) is 61.5 Å². The number of hydrogen-bond acceptors (Lipinski definition) is 8. The first-order chi connectivity index (χ1) is 17.3. The number of rotatable bonds is 9. The number of hydrogen-bond donors (Lipinski definition) is 2. The van der Waals surface area contributed by atoms with Gasteiger partial charge in [0.15, 0.2) is 0 Å². The minimum atomic E-state index is -3.17. The van der Waals surface area contributed by atoms with Crippen molar-refractivity contribution in [2.75, 3.05) is 63.7 Å². The van der Waals surface area contributed by atoms with E-state index in [0.717, 1.165) is 35.4 Å². The first kappa shape index (κ1) is 24.9. The maximum absolute atomic E-state index is 12.7. The highest BCUT2D eigenvalue weighted by molar-refractivity contribution is 7.90. The van der Waals surface area contributed by atoms with Gasteiger partial charge in [0.2, 0.25) is 10.0 Å². The molecule has 10 nitrogen and oxygen atoms in total. The number of anilines is 2. The van der Waals surface area contributed by atoms with Gasteiger partial charge < -0.3 is 29.8 Å². The molecule has 1 saturated carbocycles. The molecular weight excluding hydrogens is 504 g/mol. The molecule has 0 bridgehead atoms. The van der Waals surface area contributed by atoms with Crippen LogP contribution in [-0.4, -0.2) is 80.8 Å². The summed E-state index contributed by atoms with van der Waals surface area (Å²) in [4.78, 5) is 7.05. The molecule has 1 aromatic carbocycles. The fourth-order valence-electron chi connectivity index (χ4n) is 4.58. The summed E-state index contributed by atoms with van der Waals surface area (Å²) in [6, 6.07) is 5.55. The Balaban J connectivity index is 1.48. The molecule has 3 aromatic rings. The third-order valence-corrected chi connectivity index (χ3v) is 9.36. The normalized spacial score (nSPS) is 16.9. The number of nitrogens with one attached hydrogen (secondary N) is 1. The quantitative estimate of drug-likeness (QED) is 0.430. The number of benzene rings is 1. The fourth-order valence-corrected chi connectivity index (χ4v) is 6.64. The van der Waals surface area contributed by atoms with Crippen LogP contribution in [0.5, 0.6) is 11.5 Å². The molecule has 194 valence electrons. The second kappa shape index (κ2) is 9.97. The Kier molecular flexibility index (Phi) is 6.90. The summed E-state index contributed by atoms with van der Waals surface area (Å²) < 4.78 is 39.8. The molecule has 3 N–H and O–H groups in total. The molecule has 0 radical (unpaired) electrons. The zero-order chi connectivity index (χ0) is 25.4. The number of methoxy groups -OCH3 is 2. The average Bonchev–Trinajstić information content (AvgIpc) is 3.67. The van der Waals surface area contributed by atoms with Crippen LogP contribution in [0.15, 0.2) is 30.6 Å². The smallest absolute Gasteiger partial charge is 0.217 e. The van der Waals surface area contributed by atoms with Crippen LogP contribution in [0, 0.1) is 0 Å². The van der Waals surface area contributed by atoms with Crippen LogP contribution in [0.25, 0.3) is 16.9 Å². The molecule has 3 heterocycles. The van der Waals surface area contributed by atoms with E-state index in [9.17, 15) is 8.42 Å². The van der Waals surface area contributed by atoms with E-state index in [-0.39, 0.29) is 5.25 Å². The standard InChI is InChI=1S/C24H31ClN6O4S/c1-34-22-13-23(35-2)18(25)11-17(22)19-14-30-15-20(27-6-5-26)21(12-24(30)28-19)29-7-9-31(10-8-29)36(32,33)16-3-4-16/h11-16,27H,3-10,26H2,1-2H3. The Morgan fingerprint density at radius 2 is 1.81 bits per heavy atom. The predicted octanol–water partition coefficient (Wildman–Crippen LogP) is 2.66. The van der Waals surface area contributed by atoms with Crippen LogP contribution in [0.3, 0.4) is 0 Å². The van der Waals surface area contributed by atoms with Gasteiger partial charge in [-0.15, -0.1) is 0 Å². The largest absolute Gasteiger partial charge is 0.496 e. The fraction of sp³-hybridized carbons (Fsp3) is 0.458. The topological polar surface area (TPSA) is 114 Å². The van der Waals surface area contributed by atoms with E-state index in [4.69, 9.17) is 31.8 Å². The van der Waals surface area contributed by atoms with Crippen molar-refractivity contribution in [1.29, 1.82) is 0 Å². The minimum Gasteiger partial charge on any atom is -0.496 e. The second-order valence-corrected chi connectivity index (χ2v) is 11.6. The molecule has 0 unspecified atom stereocenters. The summed E-state index contributed by atoms with van der Waals surface area (Å²) in [7, 11) is -0.0149. The maximum atomic E-state index is 12.7. The van der Waals surface area contributed by atoms with Crippen molar-refractivity contribution in [2.24, 2.45) is 5.73 Å². The Hall–Kier alpha value is -2.73. The van der Waals surface area contributed by atoms with Crippen molar-refractivity contribution in [2.45, 2.75) is 18.1 Å². The molecule has 0 spiro atoms. The lowest BCUT2D eigenvalue weighted by molar-refractivity contribution is 0.384. The number of imidazole rings is 1. The average molecular weight is 535 g/mol. The van der Waals surface area contributed by atoms with Gasteiger partial charge in [-0.2, -0.15) is 4.31 Å². The van der Waals surface area contributed by atoms with Gasteiger partial charge in [0.25, 0.3) is 0 Å². The molecule has 0 atom stereocenters. The molecular formula is C24H31ClN6O4S. The zero-order valence-corrected chi connectivity index (χ0v) is 22.0. The highest BCUT2D eigenvalue weighted by Crippen LogP contribution is 2.39. The number of sulfonamides is 1. The molecule has 36 heavy (non-hydrogen) atoms. The molecule has 2 fully saturated rings. The van der Waals surface area contributed by atoms with E-state index in [1.807, 2.05) is 22.9 Å². The van der Waals surface area contributed by atoms with Gasteiger partial charge in [-0.1, -0.05) is 11.6 Å². The Labute approximate surface area is 216 Å². The molecule has 2 aliphatic rings. The summed E-state index contributed by atoms with van der Waals surface area (Å²) >= 11 is 6.39. The molecule has 1 aliphatic heterocycles. The molecule has 2 aromatic heterocycles. The van der Waals surface area contributed by atoms with Crippen LogP contribution in [-0.2, 0) is 10.0 Å². The molecule has 5 rings (SSSR count). The Bertz CT molecular complexity index is 1370. The van der Waals surface area contributed by atoms with Crippen LogP contribution >= 0.6 is 11.6 Å². The van der Waals surface area contributed by atoms with E-state index >= 15 is 0 Å². The van der Waals surface area contributed by atoms with Gasteiger partial charge in [0.05, 0.1) is 41.6 Å². The number of ether oxygens (including phenoxy) is 2. The van der Waals surface area contributed by atoms with Crippen molar-refractivity contribution in [1.82, 2.24) is 13.7 Å². The van der Waals surface area contributed by atoms with Gasteiger partial charge in [0.1, 0.15) is 17.1 Å². The first-order valence-electron chi connectivity index (χ1n) is 12.0. The molecule has 1 saturated heterocycles. The maximum Gasteiger partial charge on any atom is 0.217 e. The number of halogens is 1. The van der Waals surface area contributed by atoms with Crippen molar-refractivity contribution in [3.63, 3.8) is 0 Å². The third kappa shape index (κ3) is 4.68. The van der Waals surface area contributed by atoms with Gasteiger partial charge in [-0.3, -0.25) is 0 Å². The number of aromatic nitrogens is 2. The lowest BCUT2D eigenvalue weighted by Crippen LogP contribution is -2.49. The van der Waals surface area contributed by atoms with Crippen LogP contribution in [0.1, 0.15) is 12.8 Å². The van der Waals surface area contributed by atoms with Crippen molar-refractivity contribution in [3.8, 4) is 22.8 Å². The van der Waals surface area contributed by atoms with Gasteiger partial charge in [-0.05, 0) is 18.9 Å². The lowest BCUT2D eigenvalue weighted by Gasteiger charge is -2.36. The highest BCUT2D eigenvalue weighted by Gasteiger charge is 2.41. The van der Waals surface area contributed by atoms with E-state index in [1.165, 1.54) is 0 Å². The molecule has 1 aliphatic carbocycles. The predicted molar refractivity (Wildman–Crippen MR) is 142 cm³/mol. The number of nitrogens with two attached hydrogens (primary N) is 1. The van der Waals surface area contributed by atoms with Gasteiger partial charge in [0, 0.05) is 69.4 Å². The van der Waals surface area contributed by atoms with Crippen LogP contribution < -0.4 is 25.4 Å². The van der Waals surface area contributed by atoms with Crippen molar-refractivity contribution < 1.29 is 17.9 Å². The van der Waals surface area contributed by atoms with E-state index < -0.39 is 10.0 Å². The number of pyridine rings is 1. The van der Waals surface area contributed by atoms with Crippen LogP contribution in [0.2, 0.25) is 5.02 Å². The van der Waals surface area contributed by atoms with Gasteiger partial charge in [-0.25, -0.2) is 13.4 Å². The minimum absolute atomic E-state index is 0.186. The number of fused-ring (bicyclic) bond motifs is 1. The summed E-state index contributed by atoms with van der Waals surface area (Å²) in [5.41, 5.74) is 9.85. The zero-order valence-electron chi connectivity index (χ0n) is 20.4. The van der Waals surface area contributed by atoms with Crippen LogP contribution in [0.4, 0.5) is 11.4 Å². The number of piperazine rings is 1. The summed E-state index contributed by atoms with van der Waals surface area (Å²) in [6.07, 6.45) is 5.47. The lowest BCUT2D eigenvalue weighted by atomic mass is 10.1. The van der Waals surface area contributed by atoms with Crippen molar-refractivity contribution in [3.05, 3.63) is 35.6 Å². The molecule has 12 heteroatoms. The first-order valence-corrected chi connectivity index (χ1v) is 13.9. The monoisotopic (exact) mass is 534 g/mol. The molecule has 0 amide bonds. The van der Waals surface area contributed by atoms with E-state index in [2.05, 4.69) is 10.2 Å². The second-order valence-electron chi connectivity index (χ2n) is 9.00. The third-order valence-electron chi connectivity index (χ3n) is 6.67. The summed E-state index contributed by atoms with van der Waals surface area (Å²) in [5.74, 6) is 1.13. The van der Waals surface area contributed by atoms with Gasteiger partial charge >= 0.3 is 0 Å². The summed E-state index contributed by atoms with van der Waals surface area (Å²) in [5, 5.41) is 3.69. The highest BCUT2D eigenvalue weighted by atomic mass is 35.5. The Morgan fingerprint density at radius 3 is 2.44 bits per heavy atom. The SMILES string of the molecule is COc1cc(OC)c(-c2cn3cc(NCCN)c(N4CCN(S(=O)(=O)C5CC5)CC4)cc3n2)cc1Cl. The number of nitrogens with zero attached hydrogens (tertiary/aromatic N) is 4.